The standard InChI is InChI=1S/C39H47F4N5O9S/c1-22-8-6-7-9-25-19-38(25,34(51)47-58(53,54)37(40)13-14-37)46-31(49)30-18-27(56-32-28-11-10-26(55-5)17-24(28)12-15-44-32)21-48(30)33(50)29(23(2)16-22)20-45-35(52)57-36(3,4)39(41,42)43/h7,9-12,15,17,20,22-23,25,27,29-30H,6,8,13-14,16,18-19,21H2,1-5H3,(H,46,49)(H,47,51)/b9-7-,45-20?/t22-,23+,25+,27+,29?,30-,38+/m0/s1. The van der Waals surface area contributed by atoms with Crippen molar-refractivity contribution in [2.24, 2.45) is 28.7 Å². The van der Waals surface area contributed by atoms with Gasteiger partial charge in [0.05, 0.1) is 19.6 Å². The molecule has 0 spiro atoms. The predicted octanol–water partition coefficient (Wildman–Crippen LogP) is 5.55. The number of carbonyl (C=O) groups excluding carboxylic acids is 4. The van der Waals surface area contributed by atoms with Crippen molar-refractivity contribution in [2.45, 2.75) is 107 Å². The number of aromatic nitrogens is 1. The highest BCUT2D eigenvalue weighted by atomic mass is 32.2. The van der Waals surface area contributed by atoms with E-state index in [0.717, 1.165) is 11.6 Å². The van der Waals surface area contributed by atoms with Crippen molar-refractivity contribution in [1.82, 2.24) is 19.9 Å². The number of ether oxygens (including phenoxy) is 3. The quantitative estimate of drug-likeness (QED) is 0.194. The normalized spacial score (nSPS) is 29.6. The van der Waals surface area contributed by atoms with Gasteiger partial charge in [-0.2, -0.15) is 18.2 Å². The largest absolute Gasteiger partial charge is 0.497 e. The van der Waals surface area contributed by atoms with E-state index in [9.17, 15) is 45.2 Å². The monoisotopic (exact) mass is 837 g/mol. The molecule has 3 fully saturated rings. The van der Waals surface area contributed by atoms with Crippen molar-refractivity contribution >= 4 is 50.8 Å². The van der Waals surface area contributed by atoms with Crippen LogP contribution in [0.2, 0.25) is 0 Å². The second-order valence-corrected chi connectivity index (χ2v) is 18.2. The summed E-state index contributed by atoms with van der Waals surface area (Å²) in [6.07, 6.45) is -0.563. The lowest BCUT2D eigenvalue weighted by molar-refractivity contribution is -0.243. The van der Waals surface area contributed by atoms with Crippen LogP contribution < -0.4 is 19.5 Å². The Kier molecular flexibility index (Phi) is 11.6. The van der Waals surface area contributed by atoms with Crippen molar-refractivity contribution in [3.05, 3.63) is 42.6 Å². The van der Waals surface area contributed by atoms with Crippen LogP contribution in [0.1, 0.15) is 72.6 Å². The van der Waals surface area contributed by atoms with Crippen LogP contribution in [0, 0.1) is 23.7 Å². The average molecular weight is 838 g/mol. The third kappa shape index (κ3) is 8.78. The van der Waals surface area contributed by atoms with Gasteiger partial charge in [0.25, 0.3) is 15.9 Å². The highest BCUT2D eigenvalue weighted by Gasteiger charge is 2.64. The lowest BCUT2D eigenvalue weighted by atomic mass is 9.84. The van der Waals surface area contributed by atoms with E-state index >= 15 is 0 Å². The van der Waals surface area contributed by atoms with Crippen LogP contribution in [0.25, 0.3) is 10.8 Å². The van der Waals surface area contributed by atoms with Gasteiger partial charge in [0.2, 0.25) is 28.3 Å². The van der Waals surface area contributed by atoms with Crippen LogP contribution in [0.4, 0.5) is 22.4 Å². The first-order chi connectivity index (χ1) is 27.1. The Morgan fingerprint density at radius 3 is 2.52 bits per heavy atom. The minimum atomic E-state index is -4.91. The number of methoxy groups -OCH3 is 1. The number of allylic oxidation sites excluding steroid dienone is 1. The molecule has 1 aromatic carbocycles. The van der Waals surface area contributed by atoms with Gasteiger partial charge >= 0.3 is 12.3 Å². The van der Waals surface area contributed by atoms with Gasteiger partial charge in [0, 0.05) is 43.0 Å². The van der Waals surface area contributed by atoms with Crippen molar-refractivity contribution < 1.29 is 59.4 Å². The summed E-state index contributed by atoms with van der Waals surface area (Å²) in [4.78, 5) is 64.7. The first-order valence-electron chi connectivity index (χ1n) is 19.1. The molecule has 1 saturated heterocycles. The number of amides is 4. The maximum absolute atomic E-state index is 14.8. The highest BCUT2D eigenvalue weighted by molar-refractivity contribution is 7.91. The van der Waals surface area contributed by atoms with E-state index in [1.807, 2.05) is 11.6 Å². The molecule has 2 N–H and O–H groups in total. The number of rotatable bonds is 8. The number of alkyl halides is 4. The molecule has 14 nitrogen and oxygen atoms in total. The van der Waals surface area contributed by atoms with Crippen molar-refractivity contribution in [3.8, 4) is 11.6 Å². The van der Waals surface area contributed by atoms with Gasteiger partial charge in [-0.25, -0.2) is 27.3 Å². The summed E-state index contributed by atoms with van der Waals surface area (Å²) in [5.41, 5.74) is -4.67. The van der Waals surface area contributed by atoms with E-state index in [4.69, 9.17) is 9.47 Å². The predicted molar refractivity (Wildman–Crippen MR) is 202 cm³/mol. The summed E-state index contributed by atoms with van der Waals surface area (Å²) in [6.45, 7) is 4.79. The lowest BCUT2D eigenvalue weighted by Crippen LogP contribution is -2.57. The highest BCUT2D eigenvalue weighted by Crippen LogP contribution is 2.48. The molecular formula is C39H47F4N5O9S. The zero-order valence-corrected chi connectivity index (χ0v) is 33.5. The number of hydrogen-bond donors (Lipinski definition) is 2. The molecule has 316 valence electrons. The molecule has 2 saturated carbocycles. The summed E-state index contributed by atoms with van der Waals surface area (Å²) in [6, 6.07) is 5.62. The van der Waals surface area contributed by atoms with Gasteiger partial charge in [-0.15, -0.1) is 0 Å². The average Bonchev–Trinajstić information content (AvgIpc) is 4.02. The van der Waals surface area contributed by atoms with Crippen LogP contribution in [0.15, 0.2) is 47.6 Å². The first kappa shape index (κ1) is 42.8. The van der Waals surface area contributed by atoms with Crippen LogP contribution in [0.5, 0.6) is 11.6 Å². The van der Waals surface area contributed by atoms with Gasteiger partial charge in [-0.1, -0.05) is 26.0 Å². The fourth-order valence-corrected chi connectivity index (χ4v) is 8.72. The second kappa shape index (κ2) is 15.7. The summed E-state index contributed by atoms with van der Waals surface area (Å²) < 4.78 is 99.0. The summed E-state index contributed by atoms with van der Waals surface area (Å²) in [7, 11) is -3.21. The van der Waals surface area contributed by atoms with Gasteiger partial charge < -0.3 is 24.4 Å². The third-order valence-corrected chi connectivity index (χ3v) is 13.2. The number of nitrogens with one attached hydrogen (secondary N) is 2. The number of pyridine rings is 1. The molecule has 0 radical (unpaired) electrons. The van der Waals surface area contributed by atoms with Crippen molar-refractivity contribution in [3.63, 3.8) is 0 Å². The maximum atomic E-state index is 14.8. The van der Waals surface area contributed by atoms with Gasteiger partial charge in [-0.05, 0) is 81.0 Å². The Morgan fingerprint density at radius 2 is 1.84 bits per heavy atom. The molecule has 3 heterocycles. The van der Waals surface area contributed by atoms with Crippen LogP contribution in [0.3, 0.4) is 0 Å². The second-order valence-electron chi connectivity index (χ2n) is 16.3. The van der Waals surface area contributed by atoms with Crippen molar-refractivity contribution in [1.29, 1.82) is 0 Å². The minimum absolute atomic E-state index is 0.00187. The maximum Gasteiger partial charge on any atom is 0.434 e. The Hall–Kier alpha value is -4.81. The van der Waals surface area contributed by atoms with E-state index in [1.54, 1.807) is 43.3 Å². The molecule has 4 aliphatic rings. The lowest BCUT2D eigenvalue weighted by Gasteiger charge is -2.31. The van der Waals surface area contributed by atoms with Crippen LogP contribution in [-0.4, -0.2) is 96.4 Å². The Bertz CT molecular complexity index is 2130. The van der Waals surface area contributed by atoms with E-state index < -0.39 is 86.1 Å². The topological polar surface area (TPSA) is 183 Å². The first-order valence-corrected chi connectivity index (χ1v) is 20.6. The molecule has 2 aromatic rings. The number of benzene rings is 1. The van der Waals surface area contributed by atoms with Gasteiger partial charge in [-0.3, -0.25) is 14.4 Å². The van der Waals surface area contributed by atoms with Crippen LogP contribution >= 0.6 is 0 Å². The summed E-state index contributed by atoms with van der Waals surface area (Å²) >= 11 is 0. The number of hydrogen-bond acceptors (Lipinski definition) is 10. The fraction of sp³-hybridized carbons (Fsp3) is 0.590. The third-order valence-electron chi connectivity index (χ3n) is 11.4. The molecule has 2 aliphatic heterocycles. The molecule has 4 amide bonds. The molecule has 1 aromatic heterocycles. The van der Waals surface area contributed by atoms with Crippen molar-refractivity contribution in [2.75, 3.05) is 13.7 Å². The summed E-state index contributed by atoms with van der Waals surface area (Å²) in [5.74, 6) is -4.35. The smallest absolute Gasteiger partial charge is 0.434 e. The van der Waals surface area contributed by atoms with E-state index in [2.05, 4.69) is 20.0 Å². The molecule has 2 aliphatic carbocycles. The number of fused-ring (bicyclic) bond motifs is 3. The molecule has 1 unspecified atom stereocenters. The number of carbonyl (C=O) groups is 4. The number of aliphatic imine (C=N–C) groups is 1. The fourth-order valence-electron chi connectivity index (χ4n) is 7.47. The molecule has 0 bridgehead atoms. The van der Waals surface area contributed by atoms with Gasteiger partial charge in [0.15, 0.2) is 0 Å². The Labute approximate surface area is 333 Å². The van der Waals surface area contributed by atoms with Gasteiger partial charge in [0.1, 0.15) is 23.4 Å². The van der Waals surface area contributed by atoms with E-state index in [-0.39, 0.29) is 44.0 Å². The summed E-state index contributed by atoms with van der Waals surface area (Å²) in [5, 5.41) is 1.42. The minimum Gasteiger partial charge on any atom is -0.497 e. The number of sulfonamides is 1. The SMILES string of the molecule is COc1ccc2c(O[C@@H]3C[C@H]4C(=O)N[C@]5(C(=O)NS(=O)(=O)C6(F)CC6)C[C@H]5/C=C\CC[C@H](C)C[C@@H](C)C(C=NC(=O)OC(C)(C)C(F)(F)F)C(=O)N4C3)nccc2c1. The molecule has 6 rings (SSSR count). The van der Waals surface area contributed by atoms with Crippen LogP contribution in [-0.2, 0) is 29.1 Å². The molecule has 19 heteroatoms. The number of nitrogens with zero attached hydrogens (tertiary/aromatic N) is 3. The van der Waals surface area contributed by atoms with E-state index in [1.165, 1.54) is 18.2 Å². The molecule has 58 heavy (non-hydrogen) atoms. The number of halogens is 4. The zero-order valence-electron chi connectivity index (χ0n) is 32.7. The molecule has 7 atom stereocenters. The molecular weight excluding hydrogens is 791 g/mol. The van der Waals surface area contributed by atoms with E-state index in [0.29, 0.717) is 44.2 Å². The Morgan fingerprint density at radius 1 is 1.12 bits per heavy atom. The zero-order chi connectivity index (χ0) is 42.4. The Balaban J connectivity index is 1.35.